The van der Waals surface area contributed by atoms with Crippen LogP contribution in [0.2, 0.25) is 0 Å². The molecule has 45 valence electrons. The van der Waals surface area contributed by atoms with Gasteiger partial charge in [0, 0.05) is 0 Å². The number of halogens is 5. The Morgan fingerprint density at radius 1 is 0.500 bits per heavy atom. The van der Waals surface area contributed by atoms with Gasteiger partial charge in [-0.1, -0.05) is 0 Å². The molecule has 0 unspecified atom stereocenters. The molecular formula is F5KMgMn. The van der Waals surface area contributed by atoms with Gasteiger partial charge in [0.1, 0.15) is 0 Å². The van der Waals surface area contributed by atoms with Crippen LogP contribution in [0.1, 0.15) is 0 Å². The first kappa shape index (κ1) is 146. The van der Waals surface area contributed by atoms with Crippen LogP contribution in [0.15, 0.2) is 0 Å². The summed E-state index contributed by atoms with van der Waals surface area (Å²) in [5, 5.41) is 0. The minimum Gasteiger partial charge on any atom is -1.00 e. The molecule has 0 aliphatic heterocycles. The standard InChI is InChI=1S/5FH.K.Mg.Mn/h5*1H;;;/q;;;;;+1;2*+2/p-5. The van der Waals surface area contributed by atoms with E-state index in [1.807, 2.05) is 0 Å². The van der Waals surface area contributed by atoms with E-state index in [2.05, 4.69) is 0 Å². The largest absolute Gasteiger partial charge is 2.00 e. The van der Waals surface area contributed by atoms with Gasteiger partial charge in [0.15, 0.2) is 0 Å². The van der Waals surface area contributed by atoms with Crippen LogP contribution < -0.4 is 74.9 Å². The summed E-state index contributed by atoms with van der Waals surface area (Å²) in [6.45, 7) is 0. The van der Waals surface area contributed by atoms with Crippen LogP contribution >= 0.6 is 0 Å². The average Bonchev–Trinajstić information content (AvgIpc) is 0. The van der Waals surface area contributed by atoms with Crippen molar-refractivity contribution in [3.05, 3.63) is 0 Å². The molecule has 0 amide bonds. The summed E-state index contributed by atoms with van der Waals surface area (Å²) in [4.78, 5) is 0. The third-order valence-electron chi connectivity index (χ3n) is 0. The van der Waals surface area contributed by atoms with E-state index in [0.717, 1.165) is 0 Å². The molecule has 0 nitrogen and oxygen atoms in total. The minimum absolute atomic E-state index is 0. The zero-order valence-electron chi connectivity index (χ0n) is 3.97. The Kier molecular flexibility index (Phi) is 1950. The summed E-state index contributed by atoms with van der Waals surface area (Å²) in [6, 6.07) is 0. The minimum atomic E-state index is 0. The van der Waals surface area contributed by atoms with Crippen molar-refractivity contribution in [1.82, 2.24) is 0 Å². The van der Waals surface area contributed by atoms with Crippen molar-refractivity contribution in [3.8, 4) is 0 Å². The summed E-state index contributed by atoms with van der Waals surface area (Å²) in [5.74, 6) is 0. The molecular weight excluding hydrogens is 213 g/mol. The first-order valence-electron chi connectivity index (χ1n) is 0. The van der Waals surface area contributed by atoms with Crippen molar-refractivity contribution in [2.75, 3.05) is 0 Å². The van der Waals surface area contributed by atoms with E-state index in [4.69, 9.17) is 0 Å². The van der Waals surface area contributed by atoms with Crippen molar-refractivity contribution in [2.24, 2.45) is 0 Å². The molecule has 8 heavy (non-hydrogen) atoms. The predicted octanol–water partition coefficient (Wildman–Crippen LogP) is -18.4. The van der Waals surface area contributed by atoms with E-state index < -0.39 is 0 Å². The van der Waals surface area contributed by atoms with Gasteiger partial charge in [-0.05, 0) is 0 Å². The van der Waals surface area contributed by atoms with Gasteiger partial charge in [-0.25, -0.2) is 0 Å². The van der Waals surface area contributed by atoms with Crippen LogP contribution in [-0.2, 0) is 17.1 Å². The molecule has 0 N–H and O–H groups in total. The monoisotopic (exact) mass is 213 g/mol. The Labute approximate surface area is 113 Å². The van der Waals surface area contributed by atoms with Crippen molar-refractivity contribution < 1.29 is 92.0 Å². The maximum Gasteiger partial charge on any atom is 2.00 e. The molecule has 0 aromatic rings. The summed E-state index contributed by atoms with van der Waals surface area (Å²) in [6.07, 6.45) is 0. The van der Waals surface area contributed by atoms with E-state index in [9.17, 15) is 0 Å². The number of hydrogen-bond donors (Lipinski definition) is 0. The van der Waals surface area contributed by atoms with Gasteiger partial charge in [0.05, 0.1) is 0 Å². The molecule has 0 rings (SSSR count). The second-order valence-electron chi connectivity index (χ2n) is 0. The zero-order chi connectivity index (χ0) is 0. The van der Waals surface area contributed by atoms with Crippen molar-refractivity contribution in [2.45, 2.75) is 0 Å². The summed E-state index contributed by atoms with van der Waals surface area (Å²) in [7, 11) is 0. The Morgan fingerprint density at radius 2 is 0.500 bits per heavy atom. The maximum atomic E-state index is 0. The smallest absolute Gasteiger partial charge is 1.00 e. The molecule has 0 spiro atoms. The van der Waals surface area contributed by atoms with Crippen LogP contribution in [-0.4, -0.2) is 23.1 Å². The van der Waals surface area contributed by atoms with Crippen LogP contribution in [0.3, 0.4) is 0 Å². The van der Waals surface area contributed by atoms with Crippen molar-refractivity contribution >= 4 is 23.1 Å². The summed E-state index contributed by atoms with van der Waals surface area (Å²) < 4.78 is 0. The molecule has 0 aliphatic carbocycles. The van der Waals surface area contributed by atoms with Crippen LogP contribution in [0, 0.1) is 0 Å². The first-order chi connectivity index (χ1) is 0. The molecule has 0 aromatic heterocycles. The fourth-order valence-corrected chi connectivity index (χ4v) is 0. The SMILES string of the molecule is [F-].[F-].[F-].[F-].[F-].[K+].[Mg+2].[Mn+2]. The second kappa shape index (κ2) is 106. The molecule has 0 saturated heterocycles. The summed E-state index contributed by atoms with van der Waals surface area (Å²) in [5.41, 5.74) is 0. The van der Waals surface area contributed by atoms with E-state index in [1.165, 1.54) is 0 Å². The maximum absolute atomic E-state index is 0. The van der Waals surface area contributed by atoms with Gasteiger partial charge >= 0.3 is 91.5 Å². The number of rotatable bonds is 0. The zero-order valence-corrected chi connectivity index (χ0v) is 9.69. The van der Waals surface area contributed by atoms with Crippen LogP contribution in [0.25, 0.3) is 0 Å². The normalized spacial score (nSPS) is 0. The van der Waals surface area contributed by atoms with Gasteiger partial charge in [-0.15, -0.1) is 0 Å². The molecule has 0 saturated carbocycles. The third kappa shape index (κ3) is 74.3. The Hall–Kier alpha value is 2.57. The molecule has 1 radical (unpaired) electrons. The third-order valence-corrected chi connectivity index (χ3v) is 0. The van der Waals surface area contributed by atoms with E-state index in [1.54, 1.807) is 0 Å². The fourth-order valence-electron chi connectivity index (χ4n) is 0. The Balaban J connectivity index is 0. The second-order valence-corrected chi connectivity index (χ2v) is 0. The van der Waals surface area contributed by atoms with Crippen molar-refractivity contribution in [3.63, 3.8) is 0 Å². The molecule has 0 fully saturated rings. The average molecular weight is 213 g/mol. The topological polar surface area (TPSA) is 0 Å². The Morgan fingerprint density at radius 3 is 0.500 bits per heavy atom. The van der Waals surface area contributed by atoms with E-state index in [-0.39, 0.29) is 115 Å². The van der Waals surface area contributed by atoms with Crippen LogP contribution in [0.4, 0.5) is 0 Å². The molecule has 8 heteroatoms. The molecule has 0 bridgehead atoms. The molecule has 0 aromatic carbocycles. The molecule has 0 aliphatic rings. The van der Waals surface area contributed by atoms with Gasteiger partial charge < -0.3 is 23.5 Å². The predicted molar refractivity (Wildman–Crippen MR) is 5.75 cm³/mol. The summed E-state index contributed by atoms with van der Waals surface area (Å²) >= 11 is 0. The first-order valence-corrected chi connectivity index (χ1v) is 0. The Bertz CT molecular complexity index is 12.4. The van der Waals surface area contributed by atoms with Crippen molar-refractivity contribution in [1.29, 1.82) is 0 Å². The van der Waals surface area contributed by atoms with Crippen LogP contribution in [0.5, 0.6) is 0 Å². The quantitative estimate of drug-likeness (QED) is 0.277. The fraction of sp³-hybridized carbons (Fsp3) is 0. The van der Waals surface area contributed by atoms with Gasteiger partial charge in [-0.3, -0.25) is 0 Å². The van der Waals surface area contributed by atoms with E-state index in [0.29, 0.717) is 0 Å². The number of hydrogen-bond acceptors (Lipinski definition) is 0. The van der Waals surface area contributed by atoms with Gasteiger partial charge in [0.25, 0.3) is 0 Å². The van der Waals surface area contributed by atoms with Gasteiger partial charge in [0.2, 0.25) is 0 Å². The van der Waals surface area contributed by atoms with E-state index >= 15 is 0 Å². The molecule has 0 atom stereocenters. The molecule has 0 heterocycles. The van der Waals surface area contributed by atoms with Gasteiger partial charge in [-0.2, -0.15) is 0 Å².